The second kappa shape index (κ2) is 8.30. The summed E-state index contributed by atoms with van der Waals surface area (Å²) in [6, 6.07) is 19.8. The van der Waals surface area contributed by atoms with E-state index in [1.165, 1.54) is 5.56 Å². The van der Waals surface area contributed by atoms with Gasteiger partial charge in [-0.05, 0) is 43.5 Å². The molecule has 0 saturated heterocycles. The summed E-state index contributed by atoms with van der Waals surface area (Å²) in [6.07, 6.45) is 3.70. The number of rotatable bonds is 7. The van der Waals surface area contributed by atoms with E-state index in [0.29, 0.717) is 18.0 Å². The molecule has 1 aromatic heterocycles. The number of aromatic nitrogens is 1. The van der Waals surface area contributed by atoms with E-state index in [2.05, 4.69) is 29.2 Å². The highest BCUT2D eigenvalue weighted by Crippen LogP contribution is 2.25. The van der Waals surface area contributed by atoms with Crippen LogP contribution >= 0.6 is 0 Å². The van der Waals surface area contributed by atoms with Crippen molar-refractivity contribution < 1.29 is 4.74 Å². The number of ether oxygens (including phenoxy) is 1. The van der Waals surface area contributed by atoms with Gasteiger partial charge >= 0.3 is 0 Å². The molecule has 0 amide bonds. The van der Waals surface area contributed by atoms with Crippen LogP contribution in [0.4, 0.5) is 5.69 Å². The number of nitrogens with one attached hydrogen (secondary N) is 1. The van der Waals surface area contributed by atoms with Crippen LogP contribution in [0.1, 0.15) is 24.5 Å². The first-order valence-electron chi connectivity index (χ1n) is 8.71. The van der Waals surface area contributed by atoms with Gasteiger partial charge in [0.05, 0.1) is 12.3 Å². The first-order valence-corrected chi connectivity index (χ1v) is 8.71. The number of anilines is 1. The van der Waals surface area contributed by atoms with Crippen LogP contribution in [0.2, 0.25) is 0 Å². The maximum absolute atomic E-state index is 7.84. The fraction of sp³-hybridized carbons (Fsp3) is 0.182. The van der Waals surface area contributed by atoms with E-state index >= 15 is 0 Å². The van der Waals surface area contributed by atoms with Gasteiger partial charge in [-0.1, -0.05) is 36.4 Å². The molecule has 0 aliphatic heterocycles. The maximum atomic E-state index is 7.84. The predicted molar refractivity (Wildman–Crippen MR) is 107 cm³/mol. The fourth-order valence-electron chi connectivity index (χ4n) is 2.81. The molecule has 0 radical (unpaired) electrons. The van der Waals surface area contributed by atoms with Crippen LogP contribution in [0.25, 0.3) is 11.3 Å². The molecule has 26 heavy (non-hydrogen) atoms. The quantitative estimate of drug-likeness (QED) is 0.369. The number of benzene rings is 2. The average Bonchev–Trinajstić information content (AvgIpc) is 2.66. The monoisotopic (exact) mass is 345 g/mol. The largest absolute Gasteiger partial charge is 0.493 e. The lowest BCUT2D eigenvalue weighted by molar-refractivity contribution is 0.311. The molecule has 0 spiro atoms. The first-order chi connectivity index (χ1) is 12.6. The molecule has 0 unspecified atom stereocenters. The Balaban J connectivity index is 1.65. The summed E-state index contributed by atoms with van der Waals surface area (Å²) < 4.78 is 5.88. The molecule has 0 atom stereocenters. The molecule has 1 heterocycles. The summed E-state index contributed by atoms with van der Waals surface area (Å²) in [5.74, 6) is 0.799. The molecule has 0 fully saturated rings. The van der Waals surface area contributed by atoms with E-state index in [0.717, 1.165) is 35.4 Å². The summed E-state index contributed by atoms with van der Waals surface area (Å²) in [7, 11) is 0. The maximum Gasteiger partial charge on any atom is 0.122 e. The van der Waals surface area contributed by atoms with Gasteiger partial charge in [-0.3, -0.25) is 4.98 Å². The van der Waals surface area contributed by atoms with E-state index in [9.17, 15) is 0 Å². The molecule has 0 bridgehead atoms. The average molecular weight is 345 g/mol. The Morgan fingerprint density at radius 1 is 1.08 bits per heavy atom. The van der Waals surface area contributed by atoms with Crippen LogP contribution in [0, 0.1) is 5.41 Å². The molecule has 132 valence electrons. The second-order valence-electron chi connectivity index (χ2n) is 6.24. The van der Waals surface area contributed by atoms with E-state index < -0.39 is 0 Å². The summed E-state index contributed by atoms with van der Waals surface area (Å²) in [5.41, 5.74) is 10.8. The van der Waals surface area contributed by atoms with Crippen molar-refractivity contribution in [3.63, 3.8) is 0 Å². The van der Waals surface area contributed by atoms with Gasteiger partial charge in [0.2, 0.25) is 0 Å². The van der Waals surface area contributed by atoms with Crippen LogP contribution in [0.3, 0.4) is 0 Å². The zero-order valence-corrected chi connectivity index (χ0v) is 14.9. The SMILES string of the molecule is CC(=N)c1cc(-c2cc(OCCCc3ccccc3)ccn2)ccc1N. The number of hydrogen-bond donors (Lipinski definition) is 2. The van der Waals surface area contributed by atoms with Gasteiger partial charge < -0.3 is 15.9 Å². The molecule has 0 saturated carbocycles. The Kier molecular flexibility index (Phi) is 5.64. The summed E-state index contributed by atoms with van der Waals surface area (Å²) >= 11 is 0. The lowest BCUT2D eigenvalue weighted by atomic mass is 10.0. The molecular formula is C22H23N3O. The van der Waals surface area contributed by atoms with E-state index in [1.807, 2.05) is 36.4 Å². The van der Waals surface area contributed by atoms with Crippen LogP contribution in [-0.2, 0) is 6.42 Å². The highest BCUT2D eigenvalue weighted by molar-refractivity contribution is 6.01. The molecule has 3 aromatic rings. The van der Waals surface area contributed by atoms with E-state index in [4.69, 9.17) is 15.9 Å². The standard InChI is InChI=1S/C22H23N3O/c1-16(23)20-14-18(9-10-21(20)24)22-15-19(11-12-25-22)26-13-5-8-17-6-3-2-4-7-17/h2-4,6-7,9-12,14-15,23H,5,8,13,24H2,1H3. The first kappa shape index (κ1) is 17.7. The van der Waals surface area contributed by atoms with Gasteiger partial charge in [-0.15, -0.1) is 0 Å². The summed E-state index contributed by atoms with van der Waals surface area (Å²) in [4.78, 5) is 4.42. The number of pyridine rings is 1. The molecule has 3 N–H and O–H groups in total. The second-order valence-corrected chi connectivity index (χ2v) is 6.24. The molecule has 4 heteroatoms. The zero-order chi connectivity index (χ0) is 18.4. The van der Waals surface area contributed by atoms with Crippen LogP contribution in [0.5, 0.6) is 5.75 Å². The van der Waals surface area contributed by atoms with Crippen LogP contribution in [-0.4, -0.2) is 17.3 Å². The van der Waals surface area contributed by atoms with E-state index in [-0.39, 0.29) is 0 Å². The van der Waals surface area contributed by atoms with Crippen molar-refractivity contribution >= 4 is 11.4 Å². The molecule has 0 aliphatic carbocycles. The van der Waals surface area contributed by atoms with Crippen molar-refractivity contribution in [3.05, 3.63) is 78.0 Å². The zero-order valence-electron chi connectivity index (χ0n) is 14.9. The smallest absolute Gasteiger partial charge is 0.122 e. The van der Waals surface area contributed by atoms with E-state index in [1.54, 1.807) is 13.1 Å². The lowest BCUT2D eigenvalue weighted by Gasteiger charge is -2.10. The van der Waals surface area contributed by atoms with Gasteiger partial charge in [0, 0.05) is 34.8 Å². The highest BCUT2D eigenvalue weighted by Gasteiger charge is 2.07. The Morgan fingerprint density at radius 2 is 1.88 bits per heavy atom. The molecule has 2 aromatic carbocycles. The Labute approximate surface area is 154 Å². The number of nitrogen functional groups attached to an aromatic ring is 1. The van der Waals surface area contributed by atoms with Crippen LogP contribution in [0.15, 0.2) is 66.9 Å². The van der Waals surface area contributed by atoms with Crippen molar-refractivity contribution in [2.75, 3.05) is 12.3 Å². The number of hydrogen-bond acceptors (Lipinski definition) is 4. The molecule has 0 aliphatic rings. The topological polar surface area (TPSA) is 72.0 Å². The summed E-state index contributed by atoms with van der Waals surface area (Å²) in [6.45, 7) is 2.39. The van der Waals surface area contributed by atoms with Gasteiger partial charge in [-0.2, -0.15) is 0 Å². The number of nitrogens with zero attached hydrogens (tertiary/aromatic N) is 1. The van der Waals surface area contributed by atoms with Crippen LogP contribution < -0.4 is 10.5 Å². The van der Waals surface area contributed by atoms with Crippen molar-refractivity contribution in [3.8, 4) is 17.0 Å². The third-order valence-corrected chi connectivity index (χ3v) is 4.21. The Bertz CT molecular complexity index is 891. The van der Waals surface area contributed by atoms with Crippen molar-refractivity contribution in [1.29, 1.82) is 5.41 Å². The van der Waals surface area contributed by atoms with Crippen molar-refractivity contribution in [1.82, 2.24) is 4.98 Å². The lowest BCUT2D eigenvalue weighted by Crippen LogP contribution is -2.01. The number of nitrogens with two attached hydrogens (primary N) is 1. The minimum absolute atomic E-state index is 0.442. The van der Waals surface area contributed by atoms with Gasteiger partial charge in [-0.25, -0.2) is 0 Å². The Hall–Kier alpha value is -3.14. The van der Waals surface area contributed by atoms with Crippen molar-refractivity contribution in [2.45, 2.75) is 19.8 Å². The molecular weight excluding hydrogens is 322 g/mol. The minimum Gasteiger partial charge on any atom is -0.493 e. The minimum atomic E-state index is 0.442. The van der Waals surface area contributed by atoms with Crippen molar-refractivity contribution in [2.24, 2.45) is 0 Å². The number of aryl methyl sites for hydroxylation is 1. The summed E-state index contributed by atoms with van der Waals surface area (Å²) in [5, 5.41) is 7.84. The fourth-order valence-corrected chi connectivity index (χ4v) is 2.81. The van der Waals surface area contributed by atoms with Gasteiger partial charge in [0.25, 0.3) is 0 Å². The van der Waals surface area contributed by atoms with Gasteiger partial charge in [0.1, 0.15) is 5.75 Å². The third-order valence-electron chi connectivity index (χ3n) is 4.21. The highest BCUT2D eigenvalue weighted by atomic mass is 16.5. The predicted octanol–water partition coefficient (Wildman–Crippen LogP) is 4.73. The normalized spacial score (nSPS) is 10.5. The molecule has 3 rings (SSSR count). The molecule has 4 nitrogen and oxygen atoms in total. The third kappa shape index (κ3) is 4.48. The Morgan fingerprint density at radius 3 is 2.65 bits per heavy atom. The van der Waals surface area contributed by atoms with Gasteiger partial charge in [0.15, 0.2) is 0 Å².